The zero-order valence-corrected chi connectivity index (χ0v) is 4.72. The van der Waals surface area contributed by atoms with E-state index in [4.69, 9.17) is 0 Å². The highest BCUT2D eigenvalue weighted by atomic mass is 16.5. The molecule has 44 valence electrons. The SMILES string of the molecule is CCNc1ccon1. The second-order valence-electron chi connectivity index (χ2n) is 1.42. The van der Waals surface area contributed by atoms with Crippen LogP contribution in [0.15, 0.2) is 16.9 Å². The summed E-state index contributed by atoms with van der Waals surface area (Å²) in [6.45, 7) is 2.89. The molecule has 1 rings (SSSR count). The first-order valence-corrected chi connectivity index (χ1v) is 2.57. The van der Waals surface area contributed by atoms with Crippen LogP contribution in [0.5, 0.6) is 0 Å². The van der Waals surface area contributed by atoms with Crippen LogP contribution in [0.25, 0.3) is 0 Å². The van der Waals surface area contributed by atoms with Crippen LogP contribution in [-0.4, -0.2) is 11.7 Å². The van der Waals surface area contributed by atoms with Gasteiger partial charge in [-0.1, -0.05) is 5.16 Å². The normalized spacial score (nSPS) is 9.12. The monoisotopic (exact) mass is 112 g/mol. The van der Waals surface area contributed by atoms with E-state index in [0.717, 1.165) is 12.4 Å². The fraction of sp³-hybridized carbons (Fsp3) is 0.400. The van der Waals surface area contributed by atoms with E-state index < -0.39 is 0 Å². The van der Waals surface area contributed by atoms with Crippen molar-refractivity contribution in [1.29, 1.82) is 0 Å². The van der Waals surface area contributed by atoms with Crippen LogP contribution in [0.4, 0.5) is 5.82 Å². The molecular formula is C5H8N2O. The molecule has 3 heteroatoms. The van der Waals surface area contributed by atoms with Crippen molar-refractivity contribution in [2.75, 3.05) is 11.9 Å². The summed E-state index contributed by atoms with van der Waals surface area (Å²) in [4.78, 5) is 0. The molecule has 0 saturated heterocycles. The third-order valence-corrected chi connectivity index (χ3v) is 0.796. The lowest BCUT2D eigenvalue weighted by Crippen LogP contribution is -1.95. The molecule has 0 radical (unpaired) electrons. The summed E-state index contributed by atoms with van der Waals surface area (Å²) in [5.74, 6) is 0.799. The zero-order valence-electron chi connectivity index (χ0n) is 4.72. The molecule has 0 bridgehead atoms. The Labute approximate surface area is 47.7 Å². The number of hydrogen-bond donors (Lipinski definition) is 1. The fourth-order valence-corrected chi connectivity index (χ4v) is 0.485. The molecule has 0 aliphatic heterocycles. The standard InChI is InChI=1S/C5H8N2O/c1-2-6-5-3-4-8-7-5/h3-4H,2H2,1H3,(H,6,7). The van der Waals surface area contributed by atoms with Gasteiger partial charge in [0, 0.05) is 12.6 Å². The van der Waals surface area contributed by atoms with Crippen LogP contribution in [0, 0.1) is 0 Å². The van der Waals surface area contributed by atoms with Crippen molar-refractivity contribution in [3.63, 3.8) is 0 Å². The van der Waals surface area contributed by atoms with Gasteiger partial charge in [0.2, 0.25) is 0 Å². The fourth-order valence-electron chi connectivity index (χ4n) is 0.485. The maximum Gasteiger partial charge on any atom is 0.169 e. The number of aromatic nitrogens is 1. The second-order valence-corrected chi connectivity index (χ2v) is 1.42. The van der Waals surface area contributed by atoms with Crippen molar-refractivity contribution in [1.82, 2.24) is 5.16 Å². The van der Waals surface area contributed by atoms with Gasteiger partial charge in [-0.05, 0) is 6.92 Å². The van der Waals surface area contributed by atoms with Crippen molar-refractivity contribution >= 4 is 5.82 Å². The maximum atomic E-state index is 4.55. The molecule has 0 spiro atoms. The van der Waals surface area contributed by atoms with Gasteiger partial charge in [-0.2, -0.15) is 0 Å². The Bertz CT molecular complexity index is 136. The molecule has 1 heterocycles. The Morgan fingerprint density at radius 3 is 3.25 bits per heavy atom. The molecule has 0 aromatic carbocycles. The van der Waals surface area contributed by atoms with Gasteiger partial charge in [-0.25, -0.2) is 0 Å². The van der Waals surface area contributed by atoms with Gasteiger partial charge in [0.05, 0.1) is 0 Å². The molecule has 8 heavy (non-hydrogen) atoms. The summed E-state index contributed by atoms with van der Waals surface area (Å²) in [7, 11) is 0. The predicted molar refractivity (Wildman–Crippen MR) is 30.7 cm³/mol. The highest BCUT2D eigenvalue weighted by Gasteiger charge is 1.87. The average molecular weight is 112 g/mol. The van der Waals surface area contributed by atoms with Crippen LogP contribution in [0.2, 0.25) is 0 Å². The molecular weight excluding hydrogens is 104 g/mol. The van der Waals surface area contributed by atoms with Gasteiger partial charge in [0.1, 0.15) is 6.26 Å². The van der Waals surface area contributed by atoms with Crippen molar-refractivity contribution < 1.29 is 4.52 Å². The molecule has 0 amide bonds. The molecule has 0 aliphatic rings. The van der Waals surface area contributed by atoms with E-state index >= 15 is 0 Å². The van der Waals surface area contributed by atoms with E-state index in [1.54, 1.807) is 6.07 Å². The Kier molecular flexibility index (Phi) is 1.51. The van der Waals surface area contributed by atoms with Gasteiger partial charge in [-0.3, -0.25) is 0 Å². The Hall–Kier alpha value is -0.990. The largest absolute Gasteiger partial charge is 0.368 e. The first kappa shape index (κ1) is 5.15. The molecule has 0 atom stereocenters. The van der Waals surface area contributed by atoms with Crippen LogP contribution < -0.4 is 5.32 Å². The van der Waals surface area contributed by atoms with Crippen molar-refractivity contribution in [2.24, 2.45) is 0 Å². The third-order valence-electron chi connectivity index (χ3n) is 0.796. The van der Waals surface area contributed by atoms with Crippen LogP contribution in [0.3, 0.4) is 0 Å². The topological polar surface area (TPSA) is 38.1 Å². The number of hydrogen-bond acceptors (Lipinski definition) is 3. The van der Waals surface area contributed by atoms with E-state index in [9.17, 15) is 0 Å². The van der Waals surface area contributed by atoms with Crippen LogP contribution in [0.1, 0.15) is 6.92 Å². The zero-order chi connectivity index (χ0) is 5.82. The van der Waals surface area contributed by atoms with E-state index in [1.807, 2.05) is 6.92 Å². The predicted octanol–water partition coefficient (Wildman–Crippen LogP) is 1.11. The summed E-state index contributed by atoms with van der Waals surface area (Å²) >= 11 is 0. The van der Waals surface area contributed by atoms with E-state index in [0.29, 0.717) is 0 Å². The van der Waals surface area contributed by atoms with Crippen molar-refractivity contribution in [2.45, 2.75) is 6.92 Å². The molecule has 3 nitrogen and oxygen atoms in total. The summed E-state index contributed by atoms with van der Waals surface area (Å²) in [5, 5.41) is 6.60. The average Bonchev–Trinajstić information content (AvgIpc) is 2.19. The quantitative estimate of drug-likeness (QED) is 0.622. The summed E-state index contributed by atoms with van der Waals surface area (Å²) in [6.07, 6.45) is 1.54. The van der Waals surface area contributed by atoms with E-state index in [2.05, 4.69) is 15.0 Å². The van der Waals surface area contributed by atoms with Gasteiger partial charge < -0.3 is 9.84 Å². The minimum absolute atomic E-state index is 0.799. The van der Waals surface area contributed by atoms with Gasteiger partial charge in [-0.15, -0.1) is 0 Å². The van der Waals surface area contributed by atoms with Gasteiger partial charge in [0.25, 0.3) is 0 Å². The Balaban J connectivity index is 2.50. The minimum atomic E-state index is 0.799. The van der Waals surface area contributed by atoms with Crippen LogP contribution in [-0.2, 0) is 0 Å². The minimum Gasteiger partial charge on any atom is -0.368 e. The maximum absolute atomic E-state index is 4.55. The lowest BCUT2D eigenvalue weighted by atomic mass is 10.6. The number of nitrogens with one attached hydrogen (secondary N) is 1. The van der Waals surface area contributed by atoms with Crippen LogP contribution >= 0.6 is 0 Å². The highest BCUT2D eigenvalue weighted by Crippen LogP contribution is 1.98. The second kappa shape index (κ2) is 2.35. The first-order chi connectivity index (χ1) is 3.93. The first-order valence-electron chi connectivity index (χ1n) is 2.57. The molecule has 0 fully saturated rings. The third kappa shape index (κ3) is 0.992. The lowest BCUT2D eigenvalue weighted by Gasteiger charge is -1.90. The summed E-state index contributed by atoms with van der Waals surface area (Å²) in [5.41, 5.74) is 0. The van der Waals surface area contributed by atoms with E-state index in [-0.39, 0.29) is 0 Å². The molecule has 1 N–H and O–H groups in total. The van der Waals surface area contributed by atoms with Gasteiger partial charge in [0.15, 0.2) is 5.82 Å². The number of anilines is 1. The van der Waals surface area contributed by atoms with Crippen molar-refractivity contribution in [3.05, 3.63) is 12.3 Å². The molecule has 0 saturated carbocycles. The highest BCUT2D eigenvalue weighted by molar-refractivity contribution is 5.29. The van der Waals surface area contributed by atoms with E-state index in [1.165, 1.54) is 6.26 Å². The molecule has 0 unspecified atom stereocenters. The lowest BCUT2D eigenvalue weighted by molar-refractivity contribution is 0.422. The number of nitrogens with zero attached hydrogens (tertiary/aromatic N) is 1. The van der Waals surface area contributed by atoms with Gasteiger partial charge >= 0.3 is 0 Å². The number of rotatable bonds is 2. The summed E-state index contributed by atoms with van der Waals surface area (Å²) in [6, 6.07) is 1.78. The molecule has 0 aliphatic carbocycles. The smallest absolute Gasteiger partial charge is 0.169 e. The Morgan fingerprint density at radius 1 is 1.88 bits per heavy atom. The summed E-state index contributed by atoms with van der Waals surface area (Å²) < 4.78 is 4.55. The van der Waals surface area contributed by atoms with Crippen molar-refractivity contribution in [3.8, 4) is 0 Å². The molecule has 1 aromatic rings. The molecule has 1 aromatic heterocycles. The Morgan fingerprint density at radius 2 is 2.75 bits per heavy atom.